The van der Waals surface area contributed by atoms with Crippen molar-refractivity contribution in [2.75, 3.05) is 13.1 Å². The number of nitrogens with one attached hydrogen (secondary N) is 1. The van der Waals surface area contributed by atoms with Crippen LogP contribution in [0.25, 0.3) is 0 Å². The van der Waals surface area contributed by atoms with Crippen LogP contribution in [0.2, 0.25) is 0 Å². The van der Waals surface area contributed by atoms with E-state index in [0.717, 1.165) is 12.8 Å². The standard InChI is InChI=1S/C21H26N4O4S/c1-24-13-16(12-19(24)20(22)26)30(28,29)25-10-8-15(9-11-25)21(27)23-18-7-6-14-4-2-3-5-17(14)18/h2-5,12-13,15,18H,6-11H2,1H3,(H2,22,26)(H,23,27). The minimum absolute atomic E-state index is 0.00974. The van der Waals surface area contributed by atoms with E-state index < -0.39 is 15.9 Å². The fraction of sp³-hybridized carbons (Fsp3) is 0.429. The predicted molar refractivity (Wildman–Crippen MR) is 111 cm³/mol. The number of amides is 2. The third-order valence-corrected chi connectivity index (χ3v) is 8.01. The summed E-state index contributed by atoms with van der Waals surface area (Å²) in [5.41, 5.74) is 7.88. The molecular weight excluding hydrogens is 404 g/mol. The van der Waals surface area contributed by atoms with E-state index in [1.54, 1.807) is 7.05 Å². The molecule has 1 saturated heterocycles. The normalized spacial score (nSPS) is 20.1. The summed E-state index contributed by atoms with van der Waals surface area (Å²) in [4.78, 5) is 24.2. The van der Waals surface area contributed by atoms with Gasteiger partial charge in [0.2, 0.25) is 15.9 Å². The highest BCUT2D eigenvalue weighted by atomic mass is 32.2. The minimum atomic E-state index is -3.74. The molecule has 1 aromatic carbocycles. The van der Waals surface area contributed by atoms with Gasteiger partial charge < -0.3 is 15.6 Å². The SMILES string of the molecule is Cn1cc(S(=O)(=O)N2CCC(C(=O)NC3CCc4ccccc43)CC2)cc1C(N)=O. The number of aromatic nitrogens is 1. The summed E-state index contributed by atoms with van der Waals surface area (Å²) in [6.07, 6.45) is 4.19. The van der Waals surface area contributed by atoms with Crippen LogP contribution in [-0.4, -0.2) is 42.2 Å². The van der Waals surface area contributed by atoms with Gasteiger partial charge in [0.15, 0.2) is 0 Å². The second-order valence-electron chi connectivity index (χ2n) is 8.01. The van der Waals surface area contributed by atoms with E-state index in [-0.39, 0.29) is 41.5 Å². The largest absolute Gasteiger partial charge is 0.364 e. The third kappa shape index (κ3) is 3.75. The lowest BCUT2D eigenvalue weighted by Crippen LogP contribution is -2.43. The number of nitrogens with zero attached hydrogens (tertiary/aromatic N) is 2. The molecule has 30 heavy (non-hydrogen) atoms. The summed E-state index contributed by atoms with van der Waals surface area (Å²) in [5.74, 6) is -0.895. The number of sulfonamides is 1. The number of carbonyl (C=O) groups excluding carboxylic acids is 2. The van der Waals surface area contributed by atoms with Crippen molar-refractivity contribution in [2.24, 2.45) is 18.7 Å². The van der Waals surface area contributed by atoms with Crippen molar-refractivity contribution in [3.8, 4) is 0 Å². The number of primary amides is 1. The van der Waals surface area contributed by atoms with E-state index in [0.29, 0.717) is 12.8 Å². The Bertz CT molecular complexity index is 1080. The summed E-state index contributed by atoms with van der Waals surface area (Å²) in [6.45, 7) is 0.533. The highest BCUT2D eigenvalue weighted by molar-refractivity contribution is 7.89. The molecule has 2 heterocycles. The average molecular weight is 431 g/mol. The number of benzene rings is 1. The van der Waals surface area contributed by atoms with Crippen molar-refractivity contribution < 1.29 is 18.0 Å². The first-order valence-electron chi connectivity index (χ1n) is 10.1. The van der Waals surface area contributed by atoms with E-state index in [4.69, 9.17) is 5.73 Å². The molecule has 1 aliphatic heterocycles. The smallest absolute Gasteiger partial charge is 0.265 e. The summed E-state index contributed by atoms with van der Waals surface area (Å²) in [7, 11) is -2.16. The maximum absolute atomic E-state index is 12.9. The van der Waals surface area contributed by atoms with Crippen LogP contribution in [0, 0.1) is 5.92 Å². The summed E-state index contributed by atoms with van der Waals surface area (Å²) >= 11 is 0. The molecule has 2 aromatic rings. The van der Waals surface area contributed by atoms with E-state index >= 15 is 0 Å². The lowest BCUT2D eigenvalue weighted by Gasteiger charge is -2.31. The van der Waals surface area contributed by atoms with E-state index in [1.807, 2.05) is 12.1 Å². The van der Waals surface area contributed by atoms with Gasteiger partial charge in [-0.15, -0.1) is 0 Å². The van der Waals surface area contributed by atoms with Gasteiger partial charge in [-0.2, -0.15) is 4.31 Å². The number of nitrogens with two attached hydrogens (primary N) is 1. The third-order valence-electron chi connectivity index (χ3n) is 6.14. The molecule has 160 valence electrons. The number of rotatable bonds is 5. The molecule has 0 spiro atoms. The molecule has 3 N–H and O–H groups in total. The van der Waals surface area contributed by atoms with Crippen molar-refractivity contribution in [2.45, 2.75) is 36.6 Å². The summed E-state index contributed by atoms with van der Waals surface area (Å²) in [6, 6.07) is 9.49. The van der Waals surface area contributed by atoms with Gasteiger partial charge in [0.25, 0.3) is 5.91 Å². The first-order valence-corrected chi connectivity index (χ1v) is 11.6. The van der Waals surface area contributed by atoms with E-state index in [1.165, 1.54) is 32.3 Å². The van der Waals surface area contributed by atoms with Crippen LogP contribution in [-0.2, 0) is 28.3 Å². The van der Waals surface area contributed by atoms with Crippen molar-refractivity contribution in [3.63, 3.8) is 0 Å². The number of piperidine rings is 1. The van der Waals surface area contributed by atoms with Crippen molar-refractivity contribution in [1.82, 2.24) is 14.2 Å². The Morgan fingerprint density at radius 1 is 1.13 bits per heavy atom. The second kappa shape index (κ2) is 7.88. The van der Waals surface area contributed by atoms with Crippen LogP contribution in [0.1, 0.15) is 46.9 Å². The fourth-order valence-electron chi connectivity index (χ4n) is 4.42. The Hall–Kier alpha value is -2.65. The second-order valence-corrected chi connectivity index (χ2v) is 9.95. The van der Waals surface area contributed by atoms with Crippen molar-refractivity contribution in [3.05, 3.63) is 53.3 Å². The van der Waals surface area contributed by atoms with Crippen LogP contribution >= 0.6 is 0 Å². The zero-order valence-corrected chi connectivity index (χ0v) is 17.7. The Labute approximate surface area is 176 Å². The van der Waals surface area contributed by atoms with Crippen LogP contribution < -0.4 is 11.1 Å². The van der Waals surface area contributed by atoms with Gasteiger partial charge in [-0.3, -0.25) is 9.59 Å². The molecule has 1 fully saturated rings. The summed E-state index contributed by atoms with van der Waals surface area (Å²) in [5, 5.41) is 3.15. The lowest BCUT2D eigenvalue weighted by atomic mass is 9.96. The van der Waals surface area contributed by atoms with Crippen LogP contribution in [0.15, 0.2) is 41.4 Å². The van der Waals surface area contributed by atoms with Gasteiger partial charge in [-0.05, 0) is 42.9 Å². The molecule has 0 saturated carbocycles. The first-order chi connectivity index (χ1) is 14.3. The molecule has 0 bridgehead atoms. The molecule has 2 aliphatic rings. The van der Waals surface area contributed by atoms with E-state index in [9.17, 15) is 18.0 Å². The highest BCUT2D eigenvalue weighted by Gasteiger charge is 2.34. The zero-order chi connectivity index (χ0) is 21.5. The van der Waals surface area contributed by atoms with Gasteiger partial charge in [0, 0.05) is 32.3 Å². The summed E-state index contributed by atoms with van der Waals surface area (Å²) < 4.78 is 28.6. The molecule has 0 radical (unpaired) electrons. The van der Waals surface area contributed by atoms with Crippen LogP contribution in [0.4, 0.5) is 0 Å². The predicted octanol–water partition coefficient (Wildman–Crippen LogP) is 1.33. The average Bonchev–Trinajstić information content (AvgIpc) is 3.32. The Kier molecular flexibility index (Phi) is 5.42. The van der Waals surface area contributed by atoms with Gasteiger partial charge in [-0.1, -0.05) is 24.3 Å². The quantitative estimate of drug-likeness (QED) is 0.745. The molecule has 2 amide bonds. The Balaban J connectivity index is 1.38. The van der Waals surface area contributed by atoms with Crippen molar-refractivity contribution >= 4 is 21.8 Å². The molecule has 1 aromatic heterocycles. The molecule has 4 rings (SSSR count). The fourth-order valence-corrected chi connectivity index (χ4v) is 5.97. The van der Waals surface area contributed by atoms with Crippen LogP contribution in [0.3, 0.4) is 0 Å². The molecule has 9 heteroatoms. The Morgan fingerprint density at radius 2 is 1.83 bits per heavy atom. The highest BCUT2D eigenvalue weighted by Crippen LogP contribution is 2.32. The maximum Gasteiger partial charge on any atom is 0.265 e. The van der Waals surface area contributed by atoms with Gasteiger partial charge in [-0.25, -0.2) is 8.42 Å². The number of hydrogen-bond donors (Lipinski definition) is 2. The molecule has 1 unspecified atom stereocenters. The van der Waals surface area contributed by atoms with E-state index in [2.05, 4.69) is 17.4 Å². The number of aryl methyl sites for hydroxylation is 2. The van der Waals surface area contributed by atoms with Gasteiger partial charge in [0.05, 0.1) is 6.04 Å². The first kappa shape index (κ1) is 20.6. The van der Waals surface area contributed by atoms with Gasteiger partial charge >= 0.3 is 0 Å². The molecule has 1 aliphatic carbocycles. The number of hydrogen-bond acceptors (Lipinski definition) is 4. The number of fused-ring (bicyclic) bond motifs is 1. The number of carbonyl (C=O) groups is 2. The molecule has 8 nitrogen and oxygen atoms in total. The topological polar surface area (TPSA) is 114 Å². The maximum atomic E-state index is 12.9. The monoisotopic (exact) mass is 430 g/mol. The van der Waals surface area contributed by atoms with Crippen LogP contribution in [0.5, 0.6) is 0 Å². The minimum Gasteiger partial charge on any atom is -0.364 e. The Morgan fingerprint density at radius 3 is 2.50 bits per heavy atom. The van der Waals surface area contributed by atoms with Gasteiger partial charge in [0.1, 0.15) is 10.6 Å². The molecule has 1 atom stereocenters. The van der Waals surface area contributed by atoms with Crippen molar-refractivity contribution in [1.29, 1.82) is 0 Å². The zero-order valence-electron chi connectivity index (χ0n) is 16.9. The molecular formula is C21H26N4O4S. The lowest BCUT2D eigenvalue weighted by molar-refractivity contribution is -0.126.